The van der Waals surface area contributed by atoms with Crippen molar-refractivity contribution in [1.82, 2.24) is 5.32 Å². The van der Waals surface area contributed by atoms with Gasteiger partial charge in [0.1, 0.15) is 0 Å². The highest BCUT2D eigenvalue weighted by Gasteiger charge is 2.17. The molecule has 3 heteroatoms. The van der Waals surface area contributed by atoms with Crippen molar-refractivity contribution in [3.63, 3.8) is 0 Å². The molecule has 1 saturated heterocycles. The molecule has 1 heterocycles. The quantitative estimate of drug-likeness (QED) is 0.663. The molecule has 0 spiro atoms. The minimum atomic E-state index is 0.513. The van der Waals surface area contributed by atoms with E-state index in [1.165, 1.54) is 44.1 Å². The minimum Gasteiger partial charge on any atom is -0.378 e. The van der Waals surface area contributed by atoms with Crippen molar-refractivity contribution in [1.29, 1.82) is 0 Å². The zero-order valence-electron chi connectivity index (χ0n) is 13.1. The lowest BCUT2D eigenvalue weighted by molar-refractivity contribution is 0.101. The molecule has 0 radical (unpaired) electrons. The Balaban J connectivity index is 1.83. The summed E-state index contributed by atoms with van der Waals surface area (Å²) in [5.74, 6) is 0.579. The SMILES string of the molecule is CCCNCC(CCCC1CCCO1)c1ccc(Cl)cc1. The zero-order chi connectivity index (χ0) is 14.9. The van der Waals surface area contributed by atoms with Crippen molar-refractivity contribution in [2.75, 3.05) is 19.7 Å². The van der Waals surface area contributed by atoms with Crippen molar-refractivity contribution in [2.24, 2.45) is 0 Å². The topological polar surface area (TPSA) is 21.3 Å². The molecule has 1 aliphatic heterocycles. The first kappa shape index (κ1) is 16.8. The van der Waals surface area contributed by atoms with Crippen LogP contribution in [-0.2, 0) is 4.74 Å². The van der Waals surface area contributed by atoms with Crippen molar-refractivity contribution in [3.05, 3.63) is 34.9 Å². The number of ether oxygens (including phenoxy) is 1. The molecule has 0 aromatic heterocycles. The highest BCUT2D eigenvalue weighted by molar-refractivity contribution is 6.30. The van der Waals surface area contributed by atoms with Gasteiger partial charge in [0.15, 0.2) is 0 Å². The Kier molecular flexibility index (Phi) is 7.56. The maximum Gasteiger partial charge on any atom is 0.0576 e. The predicted octanol–water partition coefficient (Wildman–Crippen LogP) is 4.77. The second kappa shape index (κ2) is 9.45. The highest BCUT2D eigenvalue weighted by Crippen LogP contribution is 2.25. The Morgan fingerprint density at radius 3 is 2.81 bits per heavy atom. The van der Waals surface area contributed by atoms with E-state index in [2.05, 4.69) is 24.4 Å². The van der Waals surface area contributed by atoms with Crippen LogP contribution in [0.1, 0.15) is 56.9 Å². The Bertz CT molecular complexity index is 387. The summed E-state index contributed by atoms with van der Waals surface area (Å²) >= 11 is 6.00. The Labute approximate surface area is 134 Å². The smallest absolute Gasteiger partial charge is 0.0576 e. The fourth-order valence-electron chi connectivity index (χ4n) is 3.04. The van der Waals surface area contributed by atoms with Crippen LogP contribution in [0, 0.1) is 0 Å². The molecule has 2 unspecified atom stereocenters. The van der Waals surface area contributed by atoms with E-state index in [1.54, 1.807) is 0 Å². The molecular weight excluding hydrogens is 282 g/mol. The van der Waals surface area contributed by atoms with E-state index in [0.29, 0.717) is 12.0 Å². The summed E-state index contributed by atoms with van der Waals surface area (Å²) in [4.78, 5) is 0. The average Bonchev–Trinajstić information content (AvgIpc) is 3.00. The summed E-state index contributed by atoms with van der Waals surface area (Å²) in [6.45, 7) is 5.32. The van der Waals surface area contributed by atoms with Crippen LogP contribution < -0.4 is 5.32 Å². The highest BCUT2D eigenvalue weighted by atomic mass is 35.5. The Morgan fingerprint density at radius 1 is 1.33 bits per heavy atom. The number of nitrogens with one attached hydrogen (secondary N) is 1. The monoisotopic (exact) mass is 309 g/mol. The second-order valence-corrected chi connectivity index (χ2v) is 6.45. The van der Waals surface area contributed by atoms with Crippen LogP contribution in [-0.4, -0.2) is 25.8 Å². The molecule has 1 N–H and O–H groups in total. The molecule has 118 valence electrons. The largest absolute Gasteiger partial charge is 0.378 e. The van der Waals surface area contributed by atoms with Gasteiger partial charge < -0.3 is 10.1 Å². The first-order chi connectivity index (χ1) is 10.3. The third-order valence-electron chi connectivity index (χ3n) is 4.26. The molecule has 0 aliphatic carbocycles. The second-order valence-electron chi connectivity index (χ2n) is 6.02. The van der Waals surface area contributed by atoms with Crippen molar-refractivity contribution < 1.29 is 4.74 Å². The minimum absolute atomic E-state index is 0.513. The standard InChI is InChI=1S/C18H28ClNO/c1-2-12-20-14-16(15-8-10-17(19)11-9-15)5-3-6-18-7-4-13-21-18/h8-11,16,18,20H,2-7,12-14H2,1H3. The van der Waals surface area contributed by atoms with Crippen LogP contribution in [0.15, 0.2) is 24.3 Å². The van der Waals surface area contributed by atoms with E-state index in [9.17, 15) is 0 Å². The Morgan fingerprint density at radius 2 is 2.14 bits per heavy atom. The molecule has 0 bridgehead atoms. The van der Waals surface area contributed by atoms with E-state index in [0.717, 1.165) is 24.7 Å². The van der Waals surface area contributed by atoms with Gasteiger partial charge in [-0.1, -0.05) is 37.1 Å². The molecule has 21 heavy (non-hydrogen) atoms. The van der Waals surface area contributed by atoms with Gasteiger partial charge in [0.2, 0.25) is 0 Å². The van der Waals surface area contributed by atoms with Gasteiger partial charge in [-0.15, -0.1) is 0 Å². The van der Waals surface area contributed by atoms with Crippen LogP contribution in [0.5, 0.6) is 0 Å². The van der Waals surface area contributed by atoms with Crippen molar-refractivity contribution in [3.8, 4) is 0 Å². The molecule has 1 aliphatic rings. The van der Waals surface area contributed by atoms with Crippen LogP contribution in [0.25, 0.3) is 0 Å². The van der Waals surface area contributed by atoms with E-state index < -0.39 is 0 Å². The Hall–Kier alpha value is -0.570. The third kappa shape index (κ3) is 5.98. The summed E-state index contributed by atoms with van der Waals surface area (Å²) in [5, 5.41) is 4.38. The van der Waals surface area contributed by atoms with Crippen LogP contribution in [0.2, 0.25) is 5.02 Å². The number of hydrogen-bond donors (Lipinski definition) is 1. The third-order valence-corrected chi connectivity index (χ3v) is 4.51. The van der Waals surface area contributed by atoms with Gasteiger partial charge in [0, 0.05) is 18.2 Å². The molecule has 1 aromatic carbocycles. The molecular formula is C18H28ClNO. The molecule has 0 saturated carbocycles. The fraction of sp³-hybridized carbons (Fsp3) is 0.667. The van der Waals surface area contributed by atoms with Crippen molar-refractivity contribution in [2.45, 2.75) is 57.5 Å². The summed E-state index contributed by atoms with van der Waals surface area (Å²) in [5.41, 5.74) is 1.40. The molecule has 2 atom stereocenters. The first-order valence-electron chi connectivity index (χ1n) is 8.37. The number of rotatable bonds is 9. The average molecular weight is 310 g/mol. The van der Waals surface area contributed by atoms with E-state index >= 15 is 0 Å². The molecule has 2 rings (SSSR count). The van der Waals surface area contributed by atoms with Crippen LogP contribution >= 0.6 is 11.6 Å². The van der Waals surface area contributed by atoms with Gasteiger partial charge in [-0.05, 0) is 62.3 Å². The maximum absolute atomic E-state index is 6.00. The normalized spacial score (nSPS) is 19.8. The number of halogens is 1. The summed E-state index contributed by atoms with van der Waals surface area (Å²) in [6, 6.07) is 8.35. The van der Waals surface area contributed by atoms with Crippen LogP contribution in [0.4, 0.5) is 0 Å². The lowest BCUT2D eigenvalue weighted by Crippen LogP contribution is -2.22. The summed E-state index contributed by atoms with van der Waals surface area (Å²) in [7, 11) is 0. The van der Waals surface area contributed by atoms with Crippen molar-refractivity contribution >= 4 is 11.6 Å². The van der Waals surface area contributed by atoms with Gasteiger partial charge in [-0.3, -0.25) is 0 Å². The molecule has 0 amide bonds. The summed E-state index contributed by atoms with van der Waals surface area (Å²) in [6.07, 6.45) is 7.85. The first-order valence-corrected chi connectivity index (χ1v) is 8.75. The summed E-state index contributed by atoms with van der Waals surface area (Å²) < 4.78 is 5.72. The van der Waals surface area contributed by atoms with E-state index in [1.807, 2.05) is 12.1 Å². The lowest BCUT2D eigenvalue weighted by Gasteiger charge is -2.19. The maximum atomic E-state index is 6.00. The van der Waals surface area contributed by atoms with Gasteiger partial charge >= 0.3 is 0 Å². The van der Waals surface area contributed by atoms with E-state index in [4.69, 9.17) is 16.3 Å². The lowest BCUT2D eigenvalue weighted by atomic mass is 9.92. The predicted molar refractivity (Wildman–Crippen MR) is 90.2 cm³/mol. The fourth-order valence-corrected chi connectivity index (χ4v) is 3.16. The molecule has 2 nitrogen and oxygen atoms in total. The molecule has 1 fully saturated rings. The van der Waals surface area contributed by atoms with Gasteiger partial charge in [-0.2, -0.15) is 0 Å². The number of benzene rings is 1. The zero-order valence-corrected chi connectivity index (χ0v) is 13.9. The molecule has 1 aromatic rings. The number of hydrogen-bond acceptors (Lipinski definition) is 2. The van der Waals surface area contributed by atoms with Gasteiger partial charge in [0.25, 0.3) is 0 Å². The van der Waals surface area contributed by atoms with Crippen LogP contribution in [0.3, 0.4) is 0 Å². The van der Waals surface area contributed by atoms with Gasteiger partial charge in [0.05, 0.1) is 6.10 Å². The van der Waals surface area contributed by atoms with E-state index in [-0.39, 0.29) is 0 Å². The van der Waals surface area contributed by atoms with Gasteiger partial charge in [-0.25, -0.2) is 0 Å².